The highest BCUT2D eigenvalue weighted by Crippen LogP contribution is 2.44. The number of fused-ring (bicyclic) bond motifs is 2. The van der Waals surface area contributed by atoms with E-state index in [1.807, 2.05) is 17.0 Å². The third-order valence-electron chi connectivity index (χ3n) is 9.97. The van der Waals surface area contributed by atoms with Gasteiger partial charge in [0.2, 0.25) is 5.91 Å². The van der Waals surface area contributed by atoms with Gasteiger partial charge in [-0.3, -0.25) is 20.0 Å². The summed E-state index contributed by atoms with van der Waals surface area (Å²) in [7, 11) is 0. The molecule has 0 bridgehead atoms. The number of nitrogens with one attached hydrogen (secondary N) is 3. The number of phenolic OH excluding ortho intramolecular Hbond substituents is 1. The molecule has 1 aromatic heterocycles. The first-order valence-corrected chi connectivity index (χ1v) is 15.8. The van der Waals surface area contributed by atoms with Crippen LogP contribution in [0.2, 0.25) is 0 Å². The van der Waals surface area contributed by atoms with E-state index in [9.17, 15) is 15.0 Å². The molecule has 1 amide bonds. The van der Waals surface area contributed by atoms with Gasteiger partial charge in [0, 0.05) is 51.7 Å². The molecule has 0 radical (unpaired) electrons. The quantitative estimate of drug-likeness (QED) is 0.330. The normalized spacial score (nSPS) is 29.0. The summed E-state index contributed by atoms with van der Waals surface area (Å²) in [5.74, 6) is 2.51. The van der Waals surface area contributed by atoms with Gasteiger partial charge in [-0.2, -0.15) is 0 Å². The number of hydrogen-bond donors (Lipinski definition) is 5. The Bertz CT molecular complexity index is 1210. The topological polar surface area (TPSA) is 120 Å². The predicted octanol–water partition coefficient (Wildman–Crippen LogP) is 2.05. The van der Waals surface area contributed by atoms with Crippen molar-refractivity contribution in [1.82, 2.24) is 35.5 Å². The van der Waals surface area contributed by atoms with Gasteiger partial charge in [0.15, 0.2) is 0 Å². The zero-order chi connectivity index (χ0) is 28.5. The first-order valence-electron chi connectivity index (χ1n) is 15.8. The van der Waals surface area contributed by atoms with E-state index in [0.29, 0.717) is 36.6 Å². The molecule has 1 aliphatic carbocycles. The fourth-order valence-corrected chi connectivity index (χ4v) is 7.76. The maximum Gasteiger partial charge on any atom is 0.240 e. The lowest BCUT2D eigenvalue weighted by Crippen LogP contribution is -2.56. The number of aliphatic hydroxyl groups is 1. The maximum absolute atomic E-state index is 13.7. The van der Waals surface area contributed by atoms with Crippen LogP contribution in [-0.2, 0) is 24.2 Å². The molecule has 5 atom stereocenters. The van der Waals surface area contributed by atoms with Crippen LogP contribution in [0.3, 0.4) is 0 Å². The molecule has 5 N–H and O–H groups in total. The summed E-state index contributed by atoms with van der Waals surface area (Å²) >= 11 is 0. The molecule has 0 spiro atoms. The molecule has 2 saturated heterocycles. The molecule has 1 aromatic carbocycles. The second-order valence-corrected chi connectivity index (χ2v) is 12.4. The molecule has 3 aliphatic heterocycles. The van der Waals surface area contributed by atoms with E-state index in [2.05, 4.69) is 45.5 Å². The van der Waals surface area contributed by atoms with E-state index in [1.165, 1.54) is 11.1 Å². The summed E-state index contributed by atoms with van der Waals surface area (Å²) in [5.41, 5.74) is 12.0. The molecule has 4 aliphatic rings. The molecule has 41 heavy (non-hydrogen) atoms. The number of aryl methyl sites for hydroxylation is 1. The smallest absolute Gasteiger partial charge is 0.240 e. The van der Waals surface area contributed by atoms with Crippen molar-refractivity contribution in [2.24, 2.45) is 5.92 Å². The number of aromatic amines is 1. The number of rotatable bonds is 8. The number of piperazine rings is 1. The lowest BCUT2D eigenvalue weighted by molar-refractivity contribution is -0.139. The van der Waals surface area contributed by atoms with Crippen LogP contribution in [0.5, 0.6) is 5.75 Å². The number of H-pyrrole nitrogens is 1. The SMILES string of the molecule is CCCN1Cc2[nH]c(C3NNC4CC(c5ccc(O)cc5CC)CCC43)nc2C[C@H]1C(=O)N1CCN(CCO)CC1. The number of imidazole rings is 1. The number of carbonyl (C=O) groups is 1. The van der Waals surface area contributed by atoms with E-state index >= 15 is 0 Å². The highest BCUT2D eigenvalue weighted by molar-refractivity contribution is 5.82. The number of β-amino-alcohol motifs (C(OH)–C–C–N with tert-alkyl or cyclic N) is 1. The molecular weight excluding hydrogens is 518 g/mol. The van der Waals surface area contributed by atoms with Crippen LogP contribution in [0, 0.1) is 5.92 Å². The average Bonchev–Trinajstić information content (AvgIpc) is 3.60. The monoisotopic (exact) mass is 565 g/mol. The van der Waals surface area contributed by atoms with Crippen LogP contribution in [0.25, 0.3) is 0 Å². The van der Waals surface area contributed by atoms with Crippen LogP contribution in [0.15, 0.2) is 18.2 Å². The van der Waals surface area contributed by atoms with Gasteiger partial charge in [-0.1, -0.05) is 19.9 Å². The molecule has 1 saturated carbocycles. The third-order valence-corrected chi connectivity index (χ3v) is 9.97. The Hall–Kier alpha value is -2.50. The summed E-state index contributed by atoms with van der Waals surface area (Å²) in [6, 6.07) is 6.21. The van der Waals surface area contributed by atoms with Crippen molar-refractivity contribution in [3.05, 3.63) is 46.5 Å². The van der Waals surface area contributed by atoms with Gasteiger partial charge in [0.05, 0.1) is 30.1 Å². The zero-order valence-electron chi connectivity index (χ0n) is 24.6. The molecule has 2 aromatic rings. The lowest BCUT2D eigenvalue weighted by Gasteiger charge is -2.40. The van der Waals surface area contributed by atoms with Gasteiger partial charge in [-0.25, -0.2) is 10.4 Å². The summed E-state index contributed by atoms with van der Waals surface area (Å²) in [6.07, 6.45) is 5.90. The first kappa shape index (κ1) is 28.6. The Labute approximate surface area is 243 Å². The molecule has 10 heteroatoms. The summed E-state index contributed by atoms with van der Waals surface area (Å²) in [4.78, 5) is 29.1. The lowest BCUT2D eigenvalue weighted by atomic mass is 9.73. The average molecular weight is 566 g/mol. The minimum Gasteiger partial charge on any atom is -0.508 e. The van der Waals surface area contributed by atoms with Crippen LogP contribution >= 0.6 is 0 Å². The van der Waals surface area contributed by atoms with Gasteiger partial charge < -0.3 is 20.1 Å². The standard InChI is InChI=1S/C31H47N7O3/c1-3-9-38-19-27-26(18-28(38)31(41)37-12-10-36(11-13-37)14-15-39)32-30(33-27)29-24-7-5-21(17-25(24)34-35-29)23-8-6-22(40)16-20(23)4-2/h6,8,16,21,24-25,28-29,34-35,39-40H,3-5,7,9-15,17-19H2,1-2H3,(H,32,33)/t21?,24?,25?,28-,29?/m0/s1. The van der Waals surface area contributed by atoms with Crippen molar-refractivity contribution >= 4 is 5.91 Å². The molecule has 6 rings (SSSR count). The number of hydrazine groups is 1. The van der Waals surface area contributed by atoms with Crippen LogP contribution in [-0.4, -0.2) is 98.7 Å². The van der Waals surface area contributed by atoms with Gasteiger partial charge >= 0.3 is 0 Å². The van der Waals surface area contributed by atoms with Gasteiger partial charge in [-0.15, -0.1) is 0 Å². The number of aliphatic hydroxyl groups excluding tert-OH is 1. The third kappa shape index (κ3) is 5.77. The van der Waals surface area contributed by atoms with Crippen LogP contribution in [0.1, 0.15) is 79.8 Å². The number of nitrogens with zero attached hydrogens (tertiary/aromatic N) is 4. The maximum atomic E-state index is 13.7. The highest BCUT2D eigenvalue weighted by Gasteiger charge is 2.44. The van der Waals surface area contributed by atoms with Crippen molar-refractivity contribution in [2.45, 2.75) is 83.0 Å². The van der Waals surface area contributed by atoms with Crippen LogP contribution in [0.4, 0.5) is 0 Å². The number of aromatic hydroxyl groups is 1. The Morgan fingerprint density at radius 3 is 2.68 bits per heavy atom. The Kier molecular flexibility index (Phi) is 8.65. The molecule has 10 nitrogen and oxygen atoms in total. The largest absolute Gasteiger partial charge is 0.508 e. The van der Waals surface area contributed by atoms with Gasteiger partial charge in [-0.05, 0) is 73.7 Å². The van der Waals surface area contributed by atoms with E-state index < -0.39 is 0 Å². The predicted molar refractivity (Wildman–Crippen MR) is 157 cm³/mol. The van der Waals surface area contributed by atoms with Crippen molar-refractivity contribution in [3.8, 4) is 5.75 Å². The fourth-order valence-electron chi connectivity index (χ4n) is 7.76. The summed E-state index contributed by atoms with van der Waals surface area (Å²) in [5, 5.41) is 19.2. The van der Waals surface area contributed by atoms with Crippen molar-refractivity contribution in [3.63, 3.8) is 0 Å². The fraction of sp³-hybridized carbons (Fsp3) is 0.677. The summed E-state index contributed by atoms with van der Waals surface area (Å²) < 4.78 is 0. The molecule has 4 heterocycles. The number of amides is 1. The van der Waals surface area contributed by atoms with E-state index in [0.717, 1.165) is 88.6 Å². The number of phenols is 1. The zero-order valence-corrected chi connectivity index (χ0v) is 24.6. The van der Waals surface area contributed by atoms with Crippen molar-refractivity contribution < 1.29 is 15.0 Å². The minimum atomic E-state index is -0.168. The van der Waals surface area contributed by atoms with E-state index in [4.69, 9.17) is 4.98 Å². The second-order valence-electron chi connectivity index (χ2n) is 12.4. The summed E-state index contributed by atoms with van der Waals surface area (Å²) in [6.45, 7) is 9.88. The van der Waals surface area contributed by atoms with Gasteiger partial charge in [0.25, 0.3) is 0 Å². The number of hydrogen-bond acceptors (Lipinski definition) is 8. The molecule has 4 unspecified atom stereocenters. The Balaban J connectivity index is 1.13. The van der Waals surface area contributed by atoms with Crippen molar-refractivity contribution in [1.29, 1.82) is 0 Å². The first-order chi connectivity index (χ1) is 20.0. The molecule has 3 fully saturated rings. The van der Waals surface area contributed by atoms with E-state index in [-0.39, 0.29) is 24.6 Å². The minimum absolute atomic E-state index is 0.130. The van der Waals surface area contributed by atoms with E-state index in [1.54, 1.807) is 0 Å². The molecular formula is C31H47N7O3. The number of benzene rings is 1. The Morgan fingerprint density at radius 2 is 1.93 bits per heavy atom. The Morgan fingerprint density at radius 1 is 1.10 bits per heavy atom. The van der Waals surface area contributed by atoms with Crippen LogP contribution < -0.4 is 10.9 Å². The highest BCUT2D eigenvalue weighted by atomic mass is 16.3. The molecule has 224 valence electrons. The van der Waals surface area contributed by atoms with Crippen molar-refractivity contribution in [2.75, 3.05) is 45.9 Å². The number of aromatic nitrogens is 2. The second kappa shape index (κ2) is 12.4. The van der Waals surface area contributed by atoms with Gasteiger partial charge in [0.1, 0.15) is 11.6 Å². The number of carbonyl (C=O) groups excluding carboxylic acids is 1.